The standard InChI is InChI=1S/C12H19N3O/c1-4-14-7-9(3)11(16)10-5-8(2)6-15-12(10)13/h5-6,9,14H,4,7H2,1-3H3,(H2,13,15). The Labute approximate surface area is 96.3 Å². The summed E-state index contributed by atoms with van der Waals surface area (Å²) in [5.74, 6) is 0.291. The third-order valence-corrected chi connectivity index (χ3v) is 2.47. The first kappa shape index (κ1) is 12.6. The Balaban J connectivity index is 2.83. The number of nitrogens with two attached hydrogens (primary N) is 1. The van der Waals surface area contributed by atoms with E-state index in [0.717, 1.165) is 12.1 Å². The zero-order valence-corrected chi connectivity index (χ0v) is 10.1. The van der Waals surface area contributed by atoms with Gasteiger partial charge in [-0.1, -0.05) is 13.8 Å². The van der Waals surface area contributed by atoms with E-state index in [4.69, 9.17) is 5.73 Å². The fraction of sp³-hybridized carbons (Fsp3) is 0.500. The van der Waals surface area contributed by atoms with Crippen LogP contribution in [0.25, 0.3) is 0 Å². The number of ketones is 1. The van der Waals surface area contributed by atoms with E-state index < -0.39 is 0 Å². The van der Waals surface area contributed by atoms with Crippen molar-refractivity contribution >= 4 is 11.6 Å². The van der Waals surface area contributed by atoms with E-state index >= 15 is 0 Å². The average molecular weight is 221 g/mol. The maximum absolute atomic E-state index is 12.1. The number of nitrogens with zero attached hydrogens (tertiary/aromatic N) is 1. The lowest BCUT2D eigenvalue weighted by Crippen LogP contribution is -2.27. The first-order valence-electron chi connectivity index (χ1n) is 5.53. The molecule has 0 saturated heterocycles. The monoisotopic (exact) mass is 221 g/mol. The molecule has 16 heavy (non-hydrogen) atoms. The molecule has 1 unspecified atom stereocenters. The van der Waals surface area contributed by atoms with Crippen LogP contribution in [0, 0.1) is 12.8 Å². The topological polar surface area (TPSA) is 68.0 Å². The number of carbonyl (C=O) groups excluding carboxylic acids is 1. The van der Waals surface area contributed by atoms with Crippen LogP contribution in [0.4, 0.5) is 5.82 Å². The largest absolute Gasteiger partial charge is 0.383 e. The van der Waals surface area contributed by atoms with Gasteiger partial charge in [0.2, 0.25) is 0 Å². The molecule has 4 nitrogen and oxygen atoms in total. The minimum Gasteiger partial charge on any atom is -0.383 e. The van der Waals surface area contributed by atoms with Crippen LogP contribution in [-0.4, -0.2) is 23.9 Å². The van der Waals surface area contributed by atoms with E-state index in [2.05, 4.69) is 10.3 Å². The highest BCUT2D eigenvalue weighted by Gasteiger charge is 2.17. The molecule has 0 aliphatic heterocycles. The normalized spacial score (nSPS) is 12.4. The molecule has 1 rings (SSSR count). The van der Waals surface area contributed by atoms with Crippen molar-refractivity contribution in [3.05, 3.63) is 23.4 Å². The molecule has 0 bridgehead atoms. The van der Waals surface area contributed by atoms with E-state index in [1.165, 1.54) is 0 Å². The van der Waals surface area contributed by atoms with Gasteiger partial charge in [-0.2, -0.15) is 0 Å². The minimum absolute atomic E-state index is 0.0506. The Morgan fingerprint density at radius 1 is 1.62 bits per heavy atom. The molecule has 3 N–H and O–H groups in total. The summed E-state index contributed by atoms with van der Waals surface area (Å²) in [6, 6.07) is 1.80. The van der Waals surface area contributed by atoms with E-state index in [-0.39, 0.29) is 11.7 Å². The number of Topliss-reactive ketones (excluding diaryl/α,β-unsaturated/α-hetero) is 1. The van der Waals surface area contributed by atoms with Gasteiger partial charge >= 0.3 is 0 Å². The van der Waals surface area contributed by atoms with E-state index in [1.54, 1.807) is 12.3 Å². The summed E-state index contributed by atoms with van der Waals surface area (Å²) in [6.07, 6.45) is 1.67. The summed E-state index contributed by atoms with van der Waals surface area (Å²) < 4.78 is 0. The molecule has 1 heterocycles. The number of pyridine rings is 1. The molecule has 0 aliphatic carbocycles. The van der Waals surface area contributed by atoms with Gasteiger partial charge in [0.05, 0.1) is 5.56 Å². The number of anilines is 1. The molecule has 0 spiro atoms. The molecule has 1 aromatic rings. The van der Waals surface area contributed by atoms with Crippen molar-refractivity contribution in [1.29, 1.82) is 0 Å². The van der Waals surface area contributed by atoms with Crippen LogP contribution in [0.2, 0.25) is 0 Å². The van der Waals surface area contributed by atoms with Crippen LogP contribution >= 0.6 is 0 Å². The Bertz CT molecular complexity index is 377. The van der Waals surface area contributed by atoms with Crippen molar-refractivity contribution in [2.24, 2.45) is 5.92 Å². The van der Waals surface area contributed by atoms with Gasteiger partial charge in [0.1, 0.15) is 5.82 Å². The lowest BCUT2D eigenvalue weighted by molar-refractivity contribution is 0.0930. The van der Waals surface area contributed by atoms with E-state index in [9.17, 15) is 4.79 Å². The Morgan fingerprint density at radius 2 is 2.31 bits per heavy atom. The third-order valence-electron chi connectivity index (χ3n) is 2.47. The van der Waals surface area contributed by atoms with Crippen molar-refractivity contribution in [1.82, 2.24) is 10.3 Å². The number of carbonyl (C=O) groups is 1. The second-order valence-electron chi connectivity index (χ2n) is 4.02. The highest BCUT2D eigenvalue weighted by atomic mass is 16.1. The summed E-state index contributed by atoms with van der Waals surface area (Å²) in [5.41, 5.74) is 7.19. The number of hydrogen-bond donors (Lipinski definition) is 2. The summed E-state index contributed by atoms with van der Waals surface area (Å²) in [6.45, 7) is 7.34. The molecule has 0 amide bonds. The van der Waals surface area contributed by atoms with Crippen LogP contribution in [0.15, 0.2) is 12.3 Å². The van der Waals surface area contributed by atoms with Gasteiger partial charge in [0, 0.05) is 18.7 Å². The molecule has 88 valence electrons. The van der Waals surface area contributed by atoms with Crippen LogP contribution in [-0.2, 0) is 0 Å². The van der Waals surface area contributed by atoms with Gasteiger partial charge in [0.25, 0.3) is 0 Å². The lowest BCUT2D eigenvalue weighted by Gasteiger charge is -2.12. The summed E-state index contributed by atoms with van der Waals surface area (Å²) >= 11 is 0. The first-order chi connectivity index (χ1) is 7.56. The summed E-state index contributed by atoms with van der Waals surface area (Å²) in [5, 5.41) is 3.15. The molecule has 1 aromatic heterocycles. The number of aryl methyl sites for hydroxylation is 1. The first-order valence-corrected chi connectivity index (χ1v) is 5.53. The molecule has 0 aromatic carbocycles. The van der Waals surface area contributed by atoms with Crippen molar-refractivity contribution in [3.8, 4) is 0 Å². The molecule has 1 atom stereocenters. The Kier molecular flexibility index (Phi) is 4.43. The number of hydrogen-bond acceptors (Lipinski definition) is 4. The fourth-order valence-electron chi connectivity index (χ4n) is 1.50. The van der Waals surface area contributed by atoms with Gasteiger partial charge in [-0.25, -0.2) is 4.98 Å². The number of nitrogen functional groups attached to an aromatic ring is 1. The van der Waals surface area contributed by atoms with Crippen LogP contribution < -0.4 is 11.1 Å². The second kappa shape index (κ2) is 5.61. The average Bonchev–Trinajstić information content (AvgIpc) is 2.28. The number of aromatic nitrogens is 1. The van der Waals surface area contributed by atoms with Crippen LogP contribution in [0.1, 0.15) is 29.8 Å². The highest BCUT2D eigenvalue weighted by molar-refractivity contribution is 6.01. The fourth-order valence-corrected chi connectivity index (χ4v) is 1.50. The predicted octanol–water partition coefficient (Wildman–Crippen LogP) is 1.40. The molecular formula is C12H19N3O. The third kappa shape index (κ3) is 3.03. The van der Waals surface area contributed by atoms with Gasteiger partial charge in [-0.15, -0.1) is 0 Å². The van der Waals surface area contributed by atoms with Crippen molar-refractivity contribution in [2.45, 2.75) is 20.8 Å². The number of nitrogens with one attached hydrogen (secondary N) is 1. The molecule has 4 heteroatoms. The molecule has 0 saturated carbocycles. The van der Waals surface area contributed by atoms with Crippen molar-refractivity contribution in [2.75, 3.05) is 18.8 Å². The quantitative estimate of drug-likeness (QED) is 0.737. The van der Waals surface area contributed by atoms with Crippen LogP contribution in [0.5, 0.6) is 0 Å². The smallest absolute Gasteiger partial charge is 0.170 e. The second-order valence-corrected chi connectivity index (χ2v) is 4.02. The molecule has 0 radical (unpaired) electrons. The van der Waals surface area contributed by atoms with Gasteiger partial charge < -0.3 is 11.1 Å². The summed E-state index contributed by atoms with van der Waals surface area (Å²) in [4.78, 5) is 16.1. The maximum Gasteiger partial charge on any atom is 0.170 e. The Morgan fingerprint density at radius 3 is 2.94 bits per heavy atom. The zero-order chi connectivity index (χ0) is 12.1. The minimum atomic E-state index is -0.0779. The maximum atomic E-state index is 12.1. The highest BCUT2D eigenvalue weighted by Crippen LogP contribution is 2.15. The van der Waals surface area contributed by atoms with Crippen molar-refractivity contribution in [3.63, 3.8) is 0 Å². The summed E-state index contributed by atoms with van der Waals surface area (Å²) in [7, 11) is 0. The zero-order valence-electron chi connectivity index (χ0n) is 10.1. The molecular weight excluding hydrogens is 202 g/mol. The van der Waals surface area contributed by atoms with E-state index in [1.807, 2.05) is 20.8 Å². The Hall–Kier alpha value is -1.42. The van der Waals surface area contributed by atoms with Gasteiger partial charge in [0.15, 0.2) is 5.78 Å². The van der Waals surface area contributed by atoms with Gasteiger partial charge in [-0.05, 0) is 25.1 Å². The SMILES string of the molecule is CCNCC(C)C(=O)c1cc(C)cnc1N. The number of rotatable bonds is 5. The van der Waals surface area contributed by atoms with Crippen LogP contribution in [0.3, 0.4) is 0 Å². The van der Waals surface area contributed by atoms with Gasteiger partial charge in [-0.3, -0.25) is 4.79 Å². The van der Waals surface area contributed by atoms with Crippen molar-refractivity contribution < 1.29 is 4.79 Å². The molecule has 0 aliphatic rings. The van der Waals surface area contributed by atoms with E-state index in [0.29, 0.717) is 17.9 Å². The lowest BCUT2D eigenvalue weighted by atomic mass is 9.99. The predicted molar refractivity (Wildman–Crippen MR) is 65.4 cm³/mol. The molecule has 0 fully saturated rings.